The number of aromatic nitrogens is 1. The van der Waals surface area contributed by atoms with E-state index >= 15 is 0 Å². The van der Waals surface area contributed by atoms with E-state index in [1.54, 1.807) is 0 Å². The molecule has 346 valence electrons. The summed E-state index contributed by atoms with van der Waals surface area (Å²) < 4.78 is 46.1. The molecule has 1 aromatic heterocycles. The molecule has 0 amide bonds. The lowest BCUT2D eigenvalue weighted by molar-refractivity contribution is -0.117. The highest BCUT2D eigenvalue weighted by atomic mass is 16.7. The topological polar surface area (TPSA) is 173 Å². The zero-order valence-electron chi connectivity index (χ0n) is 38.5. The molecular formula is C49H67N7O8. The highest BCUT2D eigenvalue weighted by molar-refractivity contribution is 6.03. The van der Waals surface area contributed by atoms with E-state index in [9.17, 15) is 0 Å². The van der Waals surface area contributed by atoms with Crippen molar-refractivity contribution in [3.05, 3.63) is 97.1 Å². The Balaban J connectivity index is 1.68. The van der Waals surface area contributed by atoms with Crippen LogP contribution in [0.5, 0.6) is 0 Å². The molecule has 5 aromatic rings. The molecule has 1 heterocycles. The van der Waals surface area contributed by atoms with Crippen LogP contribution in [0, 0.1) is 0 Å². The Morgan fingerprint density at radius 3 is 0.953 bits per heavy atom. The first-order valence-electron chi connectivity index (χ1n) is 22.3. The van der Waals surface area contributed by atoms with Crippen LogP contribution in [0.15, 0.2) is 97.1 Å². The molecular weight excluding hydrogens is 815 g/mol. The second kappa shape index (κ2) is 26.3. The van der Waals surface area contributed by atoms with Crippen molar-refractivity contribution in [1.29, 1.82) is 0 Å². The van der Waals surface area contributed by atoms with Gasteiger partial charge in [0.15, 0.2) is 0 Å². The summed E-state index contributed by atoms with van der Waals surface area (Å²) in [6, 6.07) is 32.0. The molecule has 0 aliphatic rings. The van der Waals surface area contributed by atoms with Crippen LogP contribution in [0.2, 0.25) is 0 Å². The molecule has 0 spiro atoms. The number of nitrogens with two attached hydrogens (primary N) is 1. The van der Waals surface area contributed by atoms with Crippen molar-refractivity contribution in [2.75, 3.05) is 85.2 Å². The summed E-state index contributed by atoms with van der Waals surface area (Å²) in [6.07, 6.45) is -2.36. The van der Waals surface area contributed by atoms with Gasteiger partial charge in [-0.05, 0) is 127 Å². The number of hydrogen-bond donors (Lipinski definition) is 6. The molecule has 4 aromatic carbocycles. The van der Waals surface area contributed by atoms with Crippen molar-refractivity contribution in [1.82, 2.24) is 4.98 Å². The largest absolute Gasteiger partial charge is 0.383 e. The molecule has 0 aliphatic heterocycles. The third kappa shape index (κ3) is 14.3. The van der Waals surface area contributed by atoms with Gasteiger partial charge in [0, 0.05) is 98.0 Å². The zero-order valence-corrected chi connectivity index (χ0v) is 38.5. The molecule has 0 bridgehead atoms. The average Bonchev–Trinajstić information content (AvgIpc) is 3.29. The summed E-state index contributed by atoms with van der Waals surface area (Å²) in [6.45, 7) is 19.4. The van der Waals surface area contributed by atoms with Crippen molar-refractivity contribution in [2.24, 2.45) is 0 Å². The third-order valence-electron chi connectivity index (χ3n) is 9.57. The zero-order chi connectivity index (χ0) is 45.7. The van der Waals surface area contributed by atoms with Gasteiger partial charge in [0.1, 0.15) is 5.82 Å². The van der Waals surface area contributed by atoms with Crippen molar-refractivity contribution in [2.45, 2.75) is 81.0 Å². The van der Waals surface area contributed by atoms with E-state index in [-0.39, 0.29) is 0 Å². The van der Waals surface area contributed by atoms with Gasteiger partial charge in [-0.3, -0.25) is 0 Å². The fourth-order valence-electron chi connectivity index (χ4n) is 6.78. The van der Waals surface area contributed by atoms with Crippen molar-refractivity contribution in [3.63, 3.8) is 0 Å². The van der Waals surface area contributed by atoms with Crippen LogP contribution in [0.1, 0.15) is 55.4 Å². The van der Waals surface area contributed by atoms with Gasteiger partial charge in [0.25, 0.3) is 0 Å². The summed E-state index contributed by atoms with van der Waals surface area (Å²) in [7, 11) is 0. The standard InChI is InChI=1S/C49H67N7O8/c1-9-57-46(58-10-2)52-37-23-17-33(18-24-37)41-42(34-19-25-38(26-20-34)53-47(59-11-3)60-12-4)45(50)56-43(35-21-27-39(28-22-35)54-48(61-13-5)62-14-6)44(41)51-36-29-31-40(32-30-36)55-49(63-15-7)64-16-8/h17-32,46-49,51-55H,9-16H2,1-8H3,(H2,50,56). The Bertz CT molecular complexity index is 2070. The minimum Gasteiger partial charge on any atom is -0.383 e. The van der Waals surface area contributed by atoms with Gasteiger partial charge in [-0.15, -0.1) is 0 Å². The van der Waals surface area contributed by atoms with E-state index in [4.69, 9.17) is 48.6 Å². The highest BCUT2D eigenvalue weighted by Crippen LogP contribution is 2.47. The minimum atomic E-state index is -0.599. The fraction of sp³-hybridized carbons (Fsp3) is 0.408. The maximum Gasteiger partial charge on any atom is 0.237 e. The van der Waals surface area contributed by atoms with Crippen LogP contribution in [-0.2, 0) is 37.9 Å². The molecule has 64 heavy (non-hydrogen) atoms. The van der Waals surface area contributed by atoms with E-state index in [1.165, 1.54) is 0 Å². The second-order valence-electron chi connectivity index (χ2n) is 14.0. The number of rotatable bonds is 29. The van der Waals surface area contributed by atoms with Gasteiger partial charge in [0.2, 0.25) is 25.7 Å². The molecule has 0 saturated heterocycles. The lowest BCUT2D eigenvalue weighted by Gasteiger charge is -2.24. The second-order valence-corrected chi connectivity index (χ2v) is 14.0. The van der Waals surface area contributed by atoms with E-state index in [0.717, 1.165) is 61.9 Å². The molecule has 0 fully saturated rings. The van der Waals surface area contributed by atoms with E-state index in [2.05, 4.69) is 38.7 Å². The van der Waals surface area contributed by atoms with Crippen LogP contribution in [-0.4, -0.2) is 83.5 Å². The van der Waals surface area contributed by atoms with Crippen LogP contribution in [0.25, 0.3) is 33.5 Å². The van der Waals surface area contributed by atoms with Crippen LogP contribution in [0.4, 0.5) is 39.9 Å². The lowest BCUT2D eigenvalue weighted by Crippen LogP contribution is -2.26. The SMILES string of the molecule is CCOC(Nc1ccc(Nc2c(-c3ccc(NC(OCC)OCC)cc3)nc(N)c(-c3ccc(NC(OCC)OCC)cc3)c2-c2ccc(NC(OCC)OCC)cc2)cc1)OCC. The lowest BCUT2D eigenvalue weighted by atomic mass is 9.91. The van der Waals surface area contributed by atoms with Gasteiger partial charge in [0.05, 0.1) is 11.4 Å². The van der Waals surface area contributed by atoms with E-state index in [0.29, 0.717) is 64.4 Å². The van der Waals surface area contributed by atoms with Crippen molar-refractivity contribution >= 4 is 39.9 Å². The number of anilines is 7. The minimum absolute atomic E-state index is 0.347. The number of nitrogens with one attached hydrogen (secondary N) is 5. The number of pyridine rings is 1. The maximum atomic E-state index is 7.11. The van der Waals surface area contributed by atoms with Gasteiger partial charge in [-0.25, -0.2) is 4.98 Å². The Morgan fingerprint density at radius 2 is 0.641 bits per heavy atom. The predicted molar refractivity (Wildman–Crippen MR) is 257 cm³/mol. The van der Waals surface area contributed by atoms with Crippen LogP contribution < -0.4 is 32.3 Å². The van der Waals surface area contributed by atoms with Gasteiger partial charge in [-0.1, -0.05) is 36.4 Å². The van der Waals surface area contributed by atoms with Gasteiger partial charge in [-0.2, -0.15) is 0 Å². The maximum absolute atomic E-state index is 7.11. The summed E-state index contributed by atoms with van der Waals surface area (Å²) in [5, 5.41) is 17.1. The smallest absolute Gasteiger partial charge is 0.237 e. The first-order valence-corrected chi connectivity index (χ1v) is 22.3. The first-order chi connectivity index (χ1) is 31.3. The molecule has 0 radical (unpaired) electrons. The number of nitrogen functional groups attached to an aromatic ring is 1. The van der Waals surface area contributed by atoms with Crippen molar-refractivity contribution < 1.29 is 37.9 Å². The molecule has 15 nitrogen and oxygen atoms in total. The van der Waals surface area contributed by atoms with Crippen molar-refractivity contribution in [3.8, 4) is 33.5 Å². The van der Waals surface area contributed by atoms with Crippen LogP contribution in [0.3, 0.4) is 0 Å². The molecule has 0 atom stereocenters. The summed E-state index contributed by atoms with van der Waals surface area (Å²) in [4.78, 5) is 5.17. The number of ether oxygens (including phenoxy) is 8. The predicted octanol–water partition coefficient (Wildman–Crippen LogP) is 10.5. The summed E-state index contributed by atoms with van der Waals surface area (Å²) >= 11 is 0. The average molecular weight is 882 g/mol. The first kappa shape index (κ1) is 49.5. The monoisotopic (exact) mass is 882 g/mol. The molecule has 7 N–H and O–H groups in total. The fourth-order valence-corrected chi connectivity index (χ4v) is 6.78. The quantitative estimate of drug-likeness (QED) is 0.0250. The molecule has 5 rings (SSSR count). The van der Waals surface area contributed by atoms with Crippen LogP contribution >= 0.6 is 0 Å². The highest BCUT2D eigenvalue weighted by Gasteiger charge is 2.24. The Kier molecular flexibility index (Phi) is 20.4. The number of hydrogen-bond acceptors (Lipinski definition) is 15. The molecule has 0 saturated carbocycles. The molecule has 0 unspecified atom stereocenters. The number of benzene rings is 4. The summed E-state index contributed by atoms with van der Waals surface area (Å²) in [5.74, 6) is 0.347. The molecule has 0 aliphatic carbocycles. The van der Waals surface area contributed by atoms with E-state index < -0.39 is 25.7 Å². The number of nitrogens with zero attached hydrogens (tertiary/aromatic N) is 1. The Morgan fingerprint density at radius 1 is 0.375 bits per heavy atom. The third-order valence-corrected chi connectivity index (χ3v) is 9.57. The summed E-state index contributed by atoms with van der Waals surface area (Å²) in [5.41, 5.74) is 16.8. The van der Waals surface area contributed by atoms with E-state index in [1.807, 2.05) is 140 Å². The van der Waals surface area contributed by atoms with Gasteiger partial charge >= 0.3 is 0 Å². The Labute approximate surface area is 378 Å². The Hall–Kier alpha value is -5.49. The van der Waals surface area contributed by atoms with Gasteiger partial charge < -0.3 is 70.2 Å². The normalized spacial score (nSPS) is 11.5. The molecule has 15 heteroatoms.